The van der Waals surface area contributed by atoms with Gasteiger partial charge in [-0.3, -0.25) is 0 Å². The lowest BCUT2D eigenvalue weighted by molar-refractivity contribution is 0.106. The molecule has 1 atom stereocenters. The lowest BCUT2D eigenvalue weighted by Crippen LogP contribution is -2.21. The molecule has 78 valence electrons. The Labute approximate surface area is 102 Å². The van der Waals surface area contributed by atoms with Crippen LogP contribution in [0.5, 0.6) is 0 Å². The van der Waals surface area contributed by atoms with Crippen molar-refractivity contribution in [2.45, 2.75) is 12.5 Å². The van der Waals surface area contributed by atoms with Gasteiger partial charge in [-0.15, -0.1) is 11.3 Å². The van der Waals surface area contributed by atoms with Crippen LogP contribution in [0.15, 0.2) is 46.3 Å². The third kappa shape index (κ3) is 2.14. The smallest absolute Gasteiger partial charge is 0.121 e. The van der Waals surface area contributed by atoms with Gasteiger partial charge < -0.3 is 5.11 Å². The lowest BCUT2D eigenvalue weighted by Gasteiger charge is -2.22. The zero-order valence-corrected chi connectivity index (χ0v) is 10.7. The van der Waals surface area contributed by atoms with E-state index in [1.165, 1.54) is 0 Å². The minimum absolute atomic E-state index is 0.902. The Morgan fingerprint density at radius 2 is 2.07 bits per heavy atom. The molecule has 3 heteroatoms. The van der Waals surface area contributed by atoms with Crippen LogP contribution in [0.4, 0.5) is 0 Å². The van der Waals surface area contributed by atoms with Gasteiger partial charge in [-0.05, 0) is 36.1 Å². The van der Waals surface area contributed by atoms with E-state index in [1.807, 2.05) is 48.7 Å². The number of hydrogen-bond acceptors (Lipinski definition) is 2. The summed E-state index contributed by atoms with van der Waals surface area (Å²) in [5.41, 5.74) is -0.00266. The van der Waals surface area contributed by atoms with Crippen LogP contribution in [0, 0.1) is 0 Å². The average molecular weight is 283 g/mol. The summed E-state index contributed by atoms with van der Waals surface area (Å²) in [6.07, 6.45) is 0. The summed E-state index contributed by atoms with van der Waals surface area (Å²) in [6.45, 7) is 1.82. The van der Waals surface area contributed by atoms with Crippen molar-refractivity contribution in [1.82, 2.24) is 0 Å². The van der Waals surface area contributed by atoms with Crippen LogP contribution < -0.4 is 0 Å². The summed E-state index contributed by atoms with van der Waals surface area (Å²) in [5, 5.41) is 12.4. The van der Waals surface area contributed by atoms with Crippen molar-refractivity contribution >= 4 is 27.3 Å². The zero-order chi connectivity index (χ0) is 10.9. The molecule has 0 aliphatic rings. The third-order valence-corrected chi connectivity index (χ3v) is 3.96. The van der Waals surface area contributed by atoms with Gasteiger partial charge in [0, 0.05) is 9.35 Å². The zero-order valence-electron chi connectivity index (χ0n) is 8.27. The monoisotopic (exact) mass is 282 g/mol. The highest BCUT2D eigenvalue weighted by atomic mass is 79.9. The maximum atomic E-state index is 10.5. The number of aliphatic hydroxyl groups is 1. The van der Waals surface area contributed by atoms with Gasteiger partial charge in [-0.25, -0.2) is 0 Å². The molecule has 1 aromatic carbocycles. The summed E-state index contributed by atoms with van der Waals surface area (Å²) in [4.78, 5) is 0.959. The lowest BCUT2D eigenvalue weighted by atomic mass is 9.94. The first-order valence-electron chi connectivity index (χ1n) is 4.63. The second-order valence-corrected chi connectivity index (χ2v) is 5.42. The molecule has 1 aromatic heterocycles. The van der Waals surface area contributed by atoms with Crippen molar-refractivity contribution in [1.29, 1.82) is 0 Å². The van der Waals surface area contributed by atoms with Crippen molar-refractivity contribution in [3.8, 4) is 0 Å². The average Bonchev–Trinajstić information content (AvgIpc) is 2.71. The number of halogens is 1. The van der Waals surface area contributed by atoms with E-state index >= 15 is 0 Å². The van der Waals surface area contributed by atoms with Gasteiger partial charge in [0.15, 0.2) is 0 Å². The topological polar surface area (TPSA) is 20.2 Å². The molecular weight excluding hydrogens is 272 g/mol. The van der Waals surface area contributed by atoms with Crippen molar-refractivity contribution in [3.05, 3.63) is 56.7 Å². The van der Waals surface area contributed by atoms with Crippen LogP contribution in [-0.4, -0.2) is 5.11 Å². The molecule has 1 nitrogen and oxygen atoms in total. The molecule has 0 saturated carbocycles. The van der Waals surface area contributed by atoms with E-state index < -0.39 is 5.60 Å². The minimum atomic E-state index is -0.905. The van der Waals surface area contributed by atoms with Gasteiger partial charge in [0.2, 0.25) is 0 Å². The number of rotatable bonds is 2. The molecule has 1 N–H and O–H groups in total. The van der Waals surface area contributed by atoms with Gasteiger partial charge in [0.1, 0.15) is 5.60 Å². The molecule has 2 rings (SSSR count). The number of benzene rings is 1. The molecule has 0 radical (unpaired) electrons. The quantitative estimate of drug-likeness (QED) is 0.889. The molecule has 1 unspecified atom stereocenters. The van der Waals surface area contributed by atoms with Gasteiger partial charge in [0.25, 0.3) is 0 Å². The van der Waals surface area contributed by atoms with E-state index in [1.54, 1.807) is 11.3 Å². The predicted molar refractivity (Wildman–Crippen MR) is 67.1 cm³/mol. The molecular formula is C12H11BrOS. The maximum Gasteiger partial charge on any atom is 0.121 e. The molecule has 1 heterocycles. The fourth-order valence-electron chi connectivity index (χ4n) is 1.49. The summed E-state index contributed by atoms with van der Waals surface area (Å²) < 4.78 is 0.983. The highest BCUT2D eigenvalue weighted by Gasteiger charge is 2.26. The number of thiophene rings is 1. The Balaban J connectivity index is 2.46. The molecule has 15 heavy (non-hydrogen) atoms. The fourth-order valence-corrected chi connectivity index (χ4v) is 2.70. The Morgan fingerprint density at radius 3 is 2.67 bits per heavy atom. The molecule has 0 amide bonds. The summed E-state index contributed by atoms with van der Waals surface area (Å²) in [7, 11) is 0. The van der Waals surface area contributed by atoms with Crippen LogP contribution in [0.1, 0.15) is 17.4 Å². The summed E-state index contributed by atoms with van der Waals surface area (Å²) in [6, 6.07) is 11.7. The third-order valence-electron chi connectivity index (χ3n) is 2.39. The second kappa shape index (κ2) is 4.08. The van der Waals surface area contributed by atoms with E-state index in [-0.39, 0.29) is 0 Å². The van der Waals surface area contributed by atoms with Gasteiger partial charge >= 0.3 is 0 Å². The van der Waals surface area contributed by atoms with Crippen molar-refractivity contribution in [2.75, 3.05) is 0 Å². The summed E-state index contributed by atoms with van der Waals surface area (Å²) >= 11 is 4.98. The van der Waals surface area contributed by atoms with Gasteiger partial charge in [-0.1, -0.05) is 34.1 Å². The van der Waals surface area contributed by atoms with Crippen molar-refractivity contribution < 1.29 is 5.11 Å². The maximum absolute atomic E-state index is 10.5. The highest BCUT2D eigenvalue weighted by molar-refractivity contribution is 9.10. The first-order valence-corrected chi connectivity index (χ1v) is 6.30. The summed E-state index contributed by atoms with van der Waals surface area (Å²) in [5.74, 6) is 0. The van der Waals surface area contributed by atoms with Gasteiger partial charge in [0.05, 0.1) is 0 Å². The predicted octanol–water partition coefficient (Wildman–Crippen LogP) is 3.77. The molecule has 0 aliphatic heterocycles. The first kappa shape index (κ1) is 10.9. The molecule has 0 spiro atoms. The first-order chi connectivity index (χ1) is 7.10. The van der Waals surface area contributed by atoms with Crippen molar-refractivity contribution in [3.63, 3.8) is 0 Å². The molecule has 0 saturated heterocycles. The van der Waals surface area contributed by atoms with E-state index in [9.17, 15) is 5.11 Å². The standard InChI is InChI=1S/C12H11BrOS/c1-12(14,11-6-3-7-15-11)9-4-2-5-10(13)8-9/h2-8,14H,1H3. The molecule has 0 aliphatic carbocycles. The fraction of sp³-hybridized carbons (Fsp3) is 0.167. The normalized spacial score (nSPS) is 14.9. The SMILES string of the molecule is CC(O)(c1cccc(Br)c1)c1cccs1. The molecule has 0 bridgehead atoms. The molecule has 2 aromatic rings. The largest absolute Gasteiger partial charge is 0.380 e. The molecule has 0 fully saturated rings. The van der Waals surface area contributed by atoms with Crippen LogP contribution >= 0.6 is 27.3 Å². The Bertz CT molecular complexity index is 448. The van der Waals surface area contributed by atoms with E-state index in [4.69, 9.17) is 0 Å². The van der Waals surface area contributed by atoms with Crippen LogP contribution in [0.25, 0.3) is 0 Å². The minimum Gasteiger partial charge on any atom is -0.380 e. The van der Waals surface area contributed by atoms with Crippen LogP contribution in [0.3, 0.4) is 0 Å². The van der Waals surface area contributed by atoms with E-state index in [0.717, 1.165) is 14.9 Å². The van der Waals surface area contributed by atoms with Crippen molar-refractivity contribution in [2.24, 2.45) is 0 Å². The number of hydrogen-bond donors (Lipinski definition) is 1. The second-order valence-electron chi connectivity index (χ2n) is 3.56. The van der Waals surface area contributed by atoms with Crippen LogP contribution in [-0.2, 0) is 5.60 Å². The Morgan fingerprint density at radius 1 is 1.27 bits per heavy atom. The van der Waals surface area contributed by atoms with Gasteiger partial charge in [-0.2, -0.15) is 0 Å². The van der Waals surface area contributed by atoms with Crippen LogP contribution in [0.2, 0.25) is 0 Å². The highest BCUT2D eigenvalue weighted by Crippen LogP contribution is 2.33. The Kier molecular flexibility index (Phi) is 2.96. The van der Waals surface area contributed by atoms with E-state index in [0.29, 0.717) is 0 Å². The van der Waals surface area contributed by atoms with E-state index in [2.05, 4.69) is 15.9 Å². The Hall–Kier alpha value is -0.640.